The van der Waals surface area contributed by atoms with E-state index in [2.05, 4.69) is 42.8 Å². The van der Waals surface area contributed by atoms with Gasteiger partial charge < -0.3 is 5.73 Å². The van der Waals surface area contributed by atoms with E-state index in [4.69, 9.17) is 5.73 Å². The smallest absolute Gasteiger partial charge is 0.0500 e. The first-order valence-electron chi connectivity index (χ1n) is 8.05. The molecule has 1 aliphatic heterocycles. The van der Waals surface area contributed by atoms with Crippen LogP contribution in [0.3, 0.4) is 0 Å². The van der Waals surface area contributed by atoms with Crippen molar-refractivity contribution in [2.75, 3.05) is 13.1 Å². The molecule has 0 saturated carbocycles. The Kier molecular flexibility index (Phi) is 5.17. The Bertz CT molecular complexity index is 400. The van der Waals surface area contributed by atoms with Gasteiger partial charge in [-0.25, -0.2) is 0 Å². The second-order valence-electron chi connectivity index (χ2n) is 6.23. The SMILES string of the molecule is CCC(N)C(c1ccncc1)N1CCC(CC)(CC)C1. The van der Waals surface area contributed by atoms with Gasteiger partial charge in [-0.15, -0.1) is 0 Å². The largest absolute Gasteiger partial charge is 0.326 e. The molecule has 2 unspecified atom stereocenters. The van der Waals surface area contributed by atoms with E-state index < -0.39 is 0 Å². The van der Waals surface area contributed by atoms with Crippen molar-refractivity contribution in [2.24, 2.45) is 11.1 Å². The quantitative estimate of drug-likeness (QED) is 0.865. The Labute approximate surface area is 123 Å². The Hall–Kier alpha value is -0.930. The normalized spacial score (nSPS) is 21.8. The highest BCUT2D eigenvalue weighted by Gasteiger charge is 2.39. The number of nitrogens with zero attached hydrogens (tertiary/aromatic N) is 2. The molecule has 2 atom stereocenters. The fourth-order valence-electron chi connectivity index (χ4n) is 3.55. The number of nitrogens with two attached hydrogens (primary N) is 1. The fraction of sp³-hybridized carbons (Fsp3) is 0.706. The predicted octanol–water partition coefficient (Wildman–Crippen LogP) is 3.37. The predicted molar refractivity (Wildman–Crippen MR) is 84.4 cm³/mol. The van der Waals surface area contributed by atoms with E-state index in [0.717, 1.165) is 6.42 Å². The van der Waals surface area contributed by atoms with E-state index in [1.165, 1.54) is 37.9 Å². The third-order valence-corrected chi connectivity index (χ3v) is 5.29. The molecule has 1 aliphatic rings. The summed E-state index contributed by atoms with van der Waals surface area (Å²) in [7, 11) is 0. The zero-order valence-corrected chi connectivity index (χ0v) is 13.2. The lowest BCUT2D eigenvalue weighted by atomic mass is 9.82. The standard InChI is InChI=1S/C17H29N3/c1-4-15(18)16(14-7-10-19-11-8-14)20-12-9-17(5-2,6-3)13-20/h7-8,10-11,15-16H,4-6,9,12-13,18H2,1-3H3. The van der Waals surface area contributed by atoms with Crippen molar-refractivity contribution in [1.29, 1.82) is 0 Å². The van der Waals surface area contributed by atoms with E-state index in [0.29, 0.717) is 11.5 Å². The van der Waals surface area contributed by atoms with E-state index in [9.17, 15) is 0 Å². The highest BCUT2D eigenvalue weighted by molar-refractivity contribution is 5.18. The molecule has 0 radical (unpaired) electrons. The van der Waals surface area contributed by atoms with E-state index in [1.807, 2.05) is 12.4 Å². The van der Waals surface area contributed by atoms with Crippen molar-refractivity contribution in [3.05, 3.63) is 30.1 Å². The van der Waals surface area contributed by atoms with Crippen molar-refractivity contribution in [1.82, 2.24) is 9.88 Å². The van der Waals surface area contributed by atoms with Crippen molar-refractivity contribution >= 4 is 0 Å². The van der Waals surface area contributed by atoms with Gasteiger partial charge in [-0.1, -0.05) is 20.8 Å². The molecule has 3 heteroatoms. The maximum atomic E-state index is 6.44. The summed E-state index contributed by atoms with van der Waals surface area (Å²) < 4.78 is 0. The number of hydrogen-bond acceptors (Lipinski definition) is 3. The lowest BCUT2D eigenvalue weighted by Crippen LogP contribution is -2.40. The van der Waals surface area contributed by atoms with Crippen molar-refractivity contribution in [3.8, 4) is 0 Å². The zero-order valence-electron chi connectivity index (χ0n) is 13.2. The van der Waals surface area contributed by atoms with Gasteiger partial charge in [0.05, 0.1) is 0 Å². The van der Waals surface area contributed by atoms with Gasteiger partial charge in [0, 0.05) is 31.0 Å². The Morgan fingerprint density at radius 3 is 2.40 bits per heavy atom. The summed E-state index contributed by atoms with van der Waals surface area (Å²) in [5, 5.41) is 0. The summed E-state index contributed by atoms with van der Waals surface area (Å²) in [5.41, 5.74) is 8.25. The van der Waals surface area contributed by atoms with Gasteiger partial charge in [-0.3, -0.25) is 9.88 Å². The summed E-state index contributed by atoms with van der Waals surface area (Å²) >= 11 is 0. The number of likely N-dealkylation sites (tertiary alicyclic amines) is 1. The van der Waals surface area contributed by atoms with Crippen LogP contribution in [0.1, 0.15) is 58.1 Å². The third kappa shape index (κ3) is 3.04. The lowest BCUT2D eigenvalue weighted by molar-refractivity contribution is 0.172. The first-order valence-corrected chi connectivity index (χ1v) is 8.05. The van der Waals surface area contributed by atoms with Crippen LogP contribution >= 0.6 is 0 Å². The molecule has 1 aromatic heterocycles. The highest BCUT2D eigenvalue weighted by atomic mass is 15.2. The van der Waals surface area contributed by atoms with Crippen LogP contribution in [0.5, 0.6) is 0 Å². The molecule has 0 spiro atoms. The van der Waals surface area contributed by atoms with Crippen LogP contribution in [0, 0.1) is 5.41 Å². The van der Waals surface area contributed by atoms with Crippen molar-refractivity contribution < 1.29 is 0 Å². The summed E-state index contributed by atoms with van der Waals surface area (Å²) in [5.74, 6) is 0. The molecule has 0 amide bonds. The molecule has 3 nitrogen and oxygen atoms in total. The number of rotatable bonds is 6. The maximum absolute atomic E-state index is 6.44. The lowest BCUT2D eigenvalue weighted by Gasteiger charge is -2.34. The van der Waals surface area contributed by atoms with Crippen LogP contribution < -0.4 is 5.73 Å². The van der Waals surface area contributed by atoms with Gasteiger partial charge in [0.1, 0.15) is 0 Å². The molecule has 2 N–H and O–H groups in total. The van der Waals surface area contributed by atoms with Gasteiger partial charge >= 0.3 is 0 Å². The molecule has 112 valence electrons. The first-order chi connectivity index (χ1) is 9.65. The van der Waals surface area contributed by atoms with Gasteiger partial charge in [-0.2, -0.15) is 0 Å². The summed E-state index contributed by atoms with van der Waals surface area (Å²) in [6.07, 6.45) is 8.61. The molecule has 1 fully saturated rings. The molecule has 1 saturated heterocycles. The van der Waals surface area contributed by atoms with Crippen molar-refractivity contribution in [2.45, 2.75) is 58.5 Å². The van der Waals surface area contributed by atoms with Gasteiger partial charge in [0.25, 0.3) is 0 Å². The Morgan fingerprint density at radius 2 is 1.90 bits per heavy atom. The number of aromatic nitrogens is 1. The minimum Gasteiger partial charge on any atom is -0.326 e. The van der Waals surface area contributed by atoms with Crippen LogP contribution in [-0.2, 0) is 0 Å². The molecule has 0 aromatic carbocycles. The second-order valence-corrected chi connectivity index (χ2v) is 6.23. The molecule has 0 aliphatic carbocycles. The average molecular weight is 275 g/mol. The molecule has 0 bridgehead atoms. The topological polar surface area (TPSA) is 42.1 Å². The monoisotopic (exact) mass is 275 g/mol. The van der Waals surface area contributed by atoms with Crippen LogP contribution in [0.2, 0.25) is 0 Å². The van der Waals surface area contributed by atoms with Gasteiger partial charge in [-0.05, 0) is 55.3 Å². The minimum atomic E-state index is 0.196. The Balaban J connectivity index is 2.21. The molecule has 20 heavy (non-hydrogen) atoms. The van der Waals surface area contributed by atoms with Crippen LogP contribution in [0.25, 0.3) is 0 Å². The molecular weight excluding hydrogens is 246 g/mol. The summed E-state index contributed by atoms with van der Waals surface area (Å²) in [6.45, 7) is 9.19. The Morgan fingerprint density at radius 1 is 1.25 bits per heavy atom. The summed E-state index contributed by atoms with van der Waals surface area (Å²) in [4.78, 5) is 6.75. The van der Waals surface area contributed by atoms with Crippen LogP contribution in [0.15, 0.2) is 24.5 Å². The van der Waals surface area contributed by atoms with E-state index >= 15 is 0 Å². The molecule has 2 rings (SSSR count). The minimum absolute atomic E-state index is 0.196. The van der Waals surface area contributed by atoms with Crippen LogP contribution in [0.4, 0.5) is 0 Å². The molecule has 2 heterocycles. The van der Waals surface area contributed by atoms with Crippen molar-refractivity contribution in [3.63, 3.8) is 0 Å². The highest BCUT2D eigenvalue weighted by Crippen LogP contribution is 2.41. The van der Waals surface area contributed by atoms with Crippen LogP contribution in [-0.4, -0.2) is 29.0 Å². The van der Waals surface area contributed by atoms with Gasteiger partial charge in [0.2, 0.25) is 0 Å². The zero-order chi connectivity index (χ0) is 14.6. The second kappa shape index (κ2) is 6.68. The third-order valence-electron chi connectivity index (χ3n) is 5.29. The molecule has 1 aromatic rings. The fourth-order valence-corrected chi connectivity index (χ4v) is 3.55. The summed E-state index contributed by atoms with van der Waals surface area (Å²) in [6, 6.07) is 4.78. The number of pyridine rings is 1. The molecular formula is C17H29N3. The van der Waals surface area contributed by atoms with E-state index in [-0.39, 0.29) is 6.04 Å². The first kappa shape index (κ1) is 15.5. The van der Waals surface area contributed by atoms with Gasteiger partial charge in [0.15, 0.2) is 0 Å². The average Bonchev–Trinajstić information content (AvgIpc) is 2.93. The number of hydrogen-bond donors (Lipinski definition) is 1. The maximum Gasteiger partial charge on any atom is 0.0500 e. The van der Waals surface area contributed by atoms with E-state index in [1.54, 1.807) is 0 Å².